The van der Waals surface area contributed by atoms with Gasteiger partial charge in [0.2, 0.25) is 0 Å². The average molecular weight is 159 g/mol. The minimum absolute atomic E-state index is 0. The van der Waals surface area contributed by atoms with Crippen LogP contribution in [0.25, 0.3) is 10.8 Å². The van der Waals surface area contributed by atoms with Crippen LogP contribution in [0.3, 0.4) is 0 Å². The third-order valence-corrected chi connectivity index (χ3v) is 2.13. The summed E-state index contributed by atoms with van der Waals surface area (Å²) < 4.78 is 0. The van der Waals surface area contributed by atoms with Crippen molar-refractivity contribution in [3.63, 3.8) is 0 Å². The standard InChI is InChI=1S/C11H11N.H2/c1-2-9-7-12-8-10-5-3-4-6-11(9)10;/h3-8H,2H2,1H3;1H. The molecule has 0 amide bonds. The van der Waals surface area contributed by atoms with Crippen LogP contribution in [0.15, 0.2) is 36.7 Å². The molecule has 1 nitrogen and oxygen atoms in total. The van der Waals surface area contributed by atoms with Crippen molar-refractivity contribution in [2.75, 3.05) is 0 Å². The number of aryl methyl sites for hydroxylation is 1. The van der Waals surface area contributed by atoms with Crippen molar-refractivity contribution in [1.29, 1.82) is 0 Å². The zero-order valence-electron chi connectivity index (χ0n) is 7.12. The highest BCUT2D eigenvalue weighted by Crippen LogP contribution is 2.16. The molecule has 0 spiro atoms. The van der Waals surface area contributed by atoms with E-state index in [0.717, 1.165) is 6.42 Å². The number of hydrogen-bond donors (Lipinski definition) is 0. The van der Waals surface area contributed by atoms with Crippen molar-refractivity contribution < 1.29 is 1.43 Å². The van der Waals surface area contributed by atoms with Gasteiger partial charge in [-0.3, -0.25) is 4.98 Å². The average Bonchev–Trinajstić information content (AvgIpc) is 2.17. The number of benzene rings is 1. The van der Waals surface area contributed by atoms with Crippen molar-refractivity contribution in [2.45, 2.75) is 13.3 Å². The molecule has 0 bridgehead atoms. The summed E-state index contributed by atoms with van der Waals surface area (Å²) in [5.74, 6) is 0. The van der Waals surface area contributed by atoms with E-state index in [2.05, 4.69) is 30.1 Å². The molecule has 0 saturated heterocycles. The van der Waals surface area contributed by atoms with E-state index in [1.54, 1.807) is 0 Å². The fourth-order valence-corrected chi connectivity index (χ4v) is 1.46. The lowest BCUT2D eigenvalue weighted by Crippen LogP contribution is -1.84. The van der Waals surface area contributed by atoms with E-state index in [4.69, 9.17) is 0 Å². The SMILES string of the molecule is CCc1cncc2ccccc12.[HH]. The number of nitrogens with zero attached hydrogens (tertiary/aromatic N) is 1. The van der Waals surface area contributed by atoms with Crippen LogP contribution in [0.1, 0.15) is 13.9 Å². The van der Waals surface area contributed by atoms with Crippen LogP contribution >= 0.6 is 0 Å². The summed E-state index contributed by atoms with van der Waals surface area (Å²) in [4.78, 5) is 4.18. The van der Waals surface area contributed by atoms with Gasteiger partial charge in [0.15, 0.2) is 0 Å². The lowest BCUT2D eigenvalue weighted by Gasteiger charge is -2.01. The van der Waals surface area contributed by atoms with Crippen molar-refractivity contribution in [1.82, 2.24) is 4.98 Å². The van der Waals surface area contributed by atoms with Crippen molar-refractivity contribution in [3.05, 3.63) is 42.2 Å². The Morgan fingerprint density at radius 3 is 2.92 bits per heavy atom. The Bertz CT molecular complexity index is 393. The van der Waals surface area contributed by atoms with E-state index >= 15 is 0 Å². The molecule has 0 fully saturated rings. The summed E-state index contributed by atoms with van der Waals surface area (Å²) in [7, 11) is 0. The lowest BCUT2D eigenvalue weighted by molar-refractivity contribution is 1.13. The highest BCUT2D eigenvalue weighted by molar-refractivity contribution is 5.84. The molecule has 0 aliphatic carbocycles. The van der Waals surface area contributed by atoms with Crippen molar-refractivity contribution in [2.24, 2.45) is 0 Å². The summed E-state index contributed by atoms with van der Waals surface area (Å²) >= 11 is 0. The van der Waals surface area contributed by atoms with Crippen molar-refractivity contribution >= 4 is 10.8 Å². The molecule has 0 saturated carbocycles. The Kier molecular flexibility index (Phi) is 1.78. The number of rotatable bonds is 1. The number of hydrogen-bond acceptors (Lipinski definition) is 1. The van der Waals surface area contributed by atoms with E-state index in [-0.39, 0.29) is 1.43 Å². The molecule has 1 aromatic heterocycles. The molecule has 0 unspecified atom stereocenters. The van der Waals surface area contributed by atoms with Gasteiger partial charge in [0.1, 0.15) is 0 Å². The van der Waals surface area contributed by atoms with Crippen LogP contribution in [0.4, 0.5) is 0 Å². The van der Waals surface area contributed by atoms with Crippen LogP contribution in [0, 0.1) is 0 Å². The third kappa shape index (κ3) is 1.07. The molecular weight excluding hydrogens is 146 g/mol. The van der Waals surface area contributed by atoms with Gasteiger partial charge < -0.3 is 0 Å². The van der Waals surface area contributed by atoms with Gasteiger partial charge in [0.25, 0.3) is 0 Å². The zero-order chi connectivity index (χ0) is 8.39. The maximum Gasteiger partial charge on any atom is 0.0346 e. The second-order valence-electron chi connectivity index (χ2n) is 2.87. The lowest BCUT2D eigenvalue weighted by atomic mass is 10.1. The first-order valence-corrected chi connectivity index (χ1v) is 4.23. The zero-order valence-corrected chi connectivity index (χ0v) is 7.12. The molecule has 0 aliphatic heterocycles. The Balaban J connectivity index is 0.000000845. The van der Waals surface area contributed by atoms with E-state index in [1.165, 1.54) is 16.3 Å². The maximum atomic E-state index is 4.18. The summed E-state index contributed by atoms with van der Waals surface area (Å²) in [6.45, 7) is 2.16. The topological polar surface area (TPSA) is 12.9 Å². The Morgan fingerprint density at radius 1 is 1.25 bits per heavy atom. The van der Waals surface area contributed by atoms with Gasteiger partial charge in [0.05, 0.1) is 0 Å². The molecule has 0 radical (unpaired) electrons. The summed E-state index contributed by atoms with van der Waals surface area (Å²) in [5, 5.41) is 2.56. The molecule has 12 heavy (non-hydrogen) atoms. The Hall–Kier alpha value is -1.37. The molecule has 1 heteroatoms. The van der Waals surface area contributed by atoms with Crippen LogP contribution in [0.5, 0.6) is 0 Å². The third-order valence-electron chi connectivity index (χ3n) is 2.13. The highest BCUT2D eigenvalue weighted by Gasteiger charge is 1.96. The van der Waals surface area contributed by atoms with Gasteiger partial charge in [-0.15, -0.1) is 0 Å². The molecule has 1 aromatic carbocycles. The number of aromatic nitrogens is 1. The minimum atomic E-state index is 0. The molecule has 0 aliphatic rings. The van der Waals surface area contributed by atoms with Gasteiger partial charge in [-0.2, -0.15) is 0 Å². The fraction of sp³-hybridized carbons (Fsp3) is 0.182. The second-order valence-corrected chi connectivity index (χ2v) is 2.87. The largest absolute Gasteiger partial charge is 0.264 e. The van der Waals surface area contributed by atoms with Crippen molar-refractivity contribution in [3.8, 4) is 0 Å². The fourth-order valence-electron chi connectivity index (χ4n) is 1.46. The Labute approximate surface area is 73.5 Å². The summed E-state index contributed by atoms with van der Waals surface area (Å²) in [6, 6.07) is 8.36. The molecule has 0 N–H and O–H groups in total. The number of fused-ring (bicyclic) bond motifs is 1. The van der Waals surface area contributed by atoms with Gasteiger partial charge >= 0.3 is 0 Å². The first kappa shape index (κ1) is 7.29. The second kappa shape index (κ2) is 2.94. The van der Waals surface area contributed by atoms with E-state index < -0.39 is 0 Å². The van der Waals surface area contributed by atoms with Crippen LogP contribution < -0.4 is 0 Å². The smallest absolute Gasteiger partial charge is 0.0346 e. The van der Waals surface area contributed by atoms with Crippen LogP contribution in [-0.2, 0) is 6.42 Å². The summed E-state index contributed by atoms with van der Waals surface area (Å²) in [5.41, 5.74) is 1.33. The minimum Gasteiger partial charge on any atom is -0.264 e. The van der Waals surface area contributed by atoms with Gasteiger partial charge in [-0.1, -0.05) is 31.2 Å². The highest BCUT2D eigenvalue weighted by atomic mass is 14.6. The molecule has 2 aromatic rings. The van der Waals surface area contributed by atoms with E-state index in [9.17, 15) is 0 Å². The van der Waals surface area contributed by atoms with Gasteiger partial charge in [-0.05, 0) is 17.4 Å². The van der Waals surface area contributed by atoms with E-state index in [1.807, 2.05) is 18.5 Å². The monoisotopic (exact) mass is 159 g/mol. The maximum absolute atomic E-state index is 4.18. The van der Waals surface area contributed by atoms with Gasteiger partial charge in [0, 0.05) is 19.2 Å². The van der Waals surface area contributed by atoms with Gasteiger partial charge in [-0.25, -0.2) is 0 Å². The molecule has 1 heterocycles. The Morgan fingerprint density at radius 2 is 2.08 bits per heavy atom. The first-order valence-electron chi connectivity index (χ1n) is 4.23. The first-order chi connectivity index (χ1) is 5.92. The van der Waals surface area contributed by atoms with Crippen LogP contribution in [-0.4, -0.2) is 4.98 Å². The van der Waals surface area contributed by atoms with E-state index in [0.29, 0.717) is 0 Å². The molecule has 62 valence electrons. The number of pyridine rings is 1. The van der Waals surface area contributed by atoms with Crippen LogP contribution in [0.2, 0.25) is 0 Å². The molecule has 2 rings (SSSR count). The predicted molar refractivity (Wildman–Crippen MR) is 53.2 cm³/mol. The quantitative estimate of drug-likeness (QED) is 0.623. The molecule has 0 atom stereocenters. The predicted octanol–water partition coefficient (Wildman–Crippen LogP) is 3.04. The normalized spacial score (nSPS) is 10.4. The summed E-state index contributed by atoms with van der Waals surface area (Å²) in [6.07, 6.45) is 4.91. The molecular formula is C11H13N.